The fourth-order valence-corrected chi connectivity index (χ4v) is 4.18. The molecule has 0 radical (unpaired) electrons. The highest BCUT2D eigenvalue weighted by Gasteiger charge is 2.24. The summed E-state index contributed by atoms with van der Waals surface area (Å²) >= 11 is 0. The number of nitrogens with zero attached hydrogens (tertiary/aromatic N) is 4. The van der Waals surface area contributed by atoms with E-state index in [2.05, 4.69) is 10.4 Å². The smallest absolute Gasteiger partial charge is 0.337 e. The number of ether oxygens (including phenoxy) is 1. The fraction of sp³-hybridized carbons (Fsp3) is 0.107. The van der Waals surface area contributed by atoms with E-state index in [9.17, 15) is 9.59 Å². The van der Waals surface area contributed by atoms with Gasteiger partial charge in [-0.2, -0.15) is 9.78 Å². The number of hydrogen-bond acceptors (Lipinski definition) is 7. The molecular weight excluding hydrogens is 468 g/mol. The Bertz CT molecular complexity index is 1680. The minimum atomic E-state index is -0.425. The molecule has 37 heavy (non-hydrogen) atoms. The average Bonchev–Trinajstić information content (AvgIpc) is 3.15. The van der Waals surface area contributed by atoms with E-state index in [1.165, 1.54) is 11.8 Å². The maximum Gasteiger partial charge on any atom is 0.337 e. The number of amides is 1. The second kappa shape index (κ2) is 9.54. The molecule has 0 aliphatic heterocycles. The number of nitrogens with two attached hydrogens (primary N) is 1. The molecule has 0 aliphatic rings. The van der Waals surface area contributed by atoms with Crippen LogP contribution in [0.15, 0.2) is 71.8 Å². The van der Waals surface area contributed by atoms with Crippen molar-refractivity contribution in [1.82, 2.24) is 14.6 Å². The summed E-state index contributed by atoms with van der Waals surface area (Å²) in [6, 6.07) is 19.9. The minimum absolute atomic E-state index is 0.106. The van der Waals surface area contributed by atoms with Crippen molar-refractivity contribution < 1.29 is 14.3 Å². The lowest BCUT2D eigenvalue weighted by molar-refractivity contribution is 0.0600. The van der Waals surface area contributed by atoms with Crippen LogP contribution in [0, 0.1) is 13.8 Å². The lowest BCUT2D eigenvalue weighted by Crippen LogP contribution is -2.14. The van der Waals surface area contributed by atoms with Crippen LogP contribution in [0.2, 0.25) is 0 Å². The molecule has 0 spiro atoms. The van der Waals surface area contributed by atoms with Crippen molar-refractivity contribution in [3.63, 3.8) is 0 Å². The molecule has 5 aromatic rings. The van der Waals surface area contributed by atoms with Gasteiger partial charge in [-0.25, -0.2) is 14.8 Å². The van der Waals surface area contributed by atoms with Crippen LogP contribution in [-0.2, 0) is 4.74 Å². The molecule has 1 amide bonds. The molecule has 184 valence electrons. The highest BCUT2D eigenvalue weighted by atomic mass is 16.5. The summed E-state index contributed by atoms with van der Waals surface area (Å²) in [5.74, 6) is -0.728. The number of esters is 1. The Morgan fingerprint density at radius 1 is 0.973 bits per heavy atom. The molecule has 2 aromatic heterocycles. The summed E-state index contributed by atoms with van der Waals surface area (Å²) < 4.78 is 6.14. The van der Waals surface area contributed by atoms with Crippen molar-refractivity contribution in [2.24, 2.45) is 5.10 Å². The number of nitrogens with one attached hydrogen (secondary N) is 1. The van der Waals surface area contributed by atoms with Crippen LogP contribution in [-0.4, -0.2) is 39.8 Å². The van der Waals surface area contributed by atoms with E-state index < -0.39 is 11.9 Å². The van der Waals surface area contributed by atoms with E-state index >= 15 is 0 Å². The van der Waals surface area contributed by atoms with E-state index in [1.54, 1.807) is 30.5 Å². The van der Waals surface area contributed by atoms with Crippen molar-refractivity contribution in [3.05, 3.63) is 94.5 Å². The first-order valence-corrected chi connectivity index (χ1v) is 11.5. The summed E-state index contributed by atoms with van der Waals surface area (Å²) in [6.07, 6.45) is 1.57. The molecular formula is C28H24N6O3. The number of para-hydroxylation sites is 2. The normalized spacial score (nSPS) is 11.3. The van der Waals surface area contributed by atoms with Crippen LogP contribution in [0.3, 0.4) is 0 Å². The molecule has 3 N–H and O–H groups in total. The largest absolute Gasteiger partial charge is 0.465 e. The number of nitrogen functional groups attached to an aromatic ring is 1. The van der Waals surface area contributed by atoms with E-state index in [0.717, 1.165) is 11.1 Å². The van der Waals surface area contributed by atoms with Gasteiger partial charge in [0.15, 0.2) is 5.65 Å². The monoisotopic (exact) mass is 492 g/mol. The number of carbonyl (C=O) groups is 2. The molecule has 0 bridgehead atoms. The SMILES string of the molecule is COC(=O)c1ccc(/C=N/n2c(N)c(C(=O)Nc3cc(C)cc(C)c3)c3nc4ccccc4nc32)cc1. The topological polar surface area (TPSA) is 124 Å². The van der Waals surface area contributed by atoms with Gasteiger partial charge in [0, 0.05) is 5.69 Å². The van der Waals surface area contributed by atoms with Crippen molar-refractivity contribution >= 4 is 51.8 Å². The Balaban J connectivity index is 1.60. The number of rotatable bonds is 5. The zero-order valence-electron chi connectivity index (χ0n) is 20.5. The average molecular weight is 493 g/mol. The van der Waals surface area contributed by atoms with Gasteiger partial charge in [-0.15, -0.1) is 0 Å². The molecule has 3 aromatic carbocycles. The van der Waals surface area contributed by atoms with E-state index in [-0.39, 0.29) is 11.4 Å². The van der Waals surface area contributed by atoms with Crippen LogP contribution in [0.4, 0.5) is 11.5 Å². The van der Waals surface area contributed by atoms with Gasteiger partial charge >= 0.3 is 5.97 Å². The van der Waals surface area contributed by atoms with Gasteiger partial charge in [0.1, 0.15) is 16.9 Å². The number of carbonyl (C=O) groups excluding carboxylic acids is 2. The van der Waals surface area contributed by atoms with Gasteiger partial charge in [-0.05, 0) is 66.9 Å². The standard InChI is InChI=1S/C28H24N6O3/c1-16-12-17(2)14-20(13-16)31-27(35)23-24-26(33-22-7-5-4-6-21(22)32-24)34(25(23)29)30-15-18-8-10-19(11-9-18)28(36)37-3/h4-15H,29H2,1-3H3,(H,31,35)/b30-15+. The molecule has 0 saturated carbocycles. The van der Waals surface area contributed by atoms with Gasteiger partial charge < -0.3 is 15.8 Å². The molecule has 0 unspecified atom stereocenters. The fourth-order valence-electron chi connectivity index (χ4n) is 4.18. The van der Waals surface area contributed by atoms with Gasteiger partial charge in [-0.3, -0.25) is 4.79 Å². The third kappa shape index (κ3) is 4.62. The van der Waals surface area contributed by atoms with Crippen molar-refractivity contribution in [1.29, 1.82) is 0 Å². The van der Waals surface area contributed by atoms with Gasteiger partial charge in [0.25, 0.3) is 5.91 Å². The number of hydrogen-bond donors (Lipinski definition) is 2. The van der Waals surface area contributed by atoms with Crippen LogP contribution in [0.5, 0.6) is 0 Å². The Labute approximate surface area is 212 Å². The molecule has 9 heteroatoms. The van der Waals surface area contributed by atoms with Crippen molar-refractivity contribution in [2.45, 2.75) is 13.8 Å². The van der Waals surface area contributed by atoms with Crippen LogP contribution >= 0.6 is 0 Å². The van der Waals surface area contributed by atoms with Crippen LogP contribution in [0.1, 0.15) is 37.4 Å². The number of aromatic nitrogens is 3. The number of fused-ring (bicyclic) bond motifs is 2. The second-order valence-corrected chi connectivity index (χ2v) is 8.65. The number of methoxy groups -OCH3 is 1. The zero-order valence-corrected chi connectivity index (χ0v) is 20.5. The molecule has 5 rings (SSSR count). The second-order valence-electron chi connectivity index (χ2n) is 8.65. The third-order valence-corrected chi connectivity index (χ3v) is 5.83. The van der Waals surface area contributed by atoms with Gasteiger partial charge in [0.2, 0.25) is 0 Å². The predicted octanol–water partition coefficient (Wildman–Crippen LogP) is 4.70. The molecule has 0 aliphatic carbocycles. The summed E-state index contributed by atoms with van der Waals surface area (Å²) in [7, 11) is 1.33. The zero-order chi connectivity index (χ0) is 26.1. The van der Waals surface area contributed by atoms with Crippen molar-refractivity contribution in [2.75, 3.05) is 18.2 Å². The Kier molecular flexibility index (Phi) is 6.10. The lowest BCUT2D eigenvalue weighted by Gasteiger charge is -2.08. The highest BCUT2D eigenvalue weighted by Crippen LogP contribution is 2.29. The summed E-state index contributed by atoms with van der Waals surface area (Å²) in [5, 5.41) is 7.45. The van der Waals surface area contributed by atoms with E-state index in [1.807, 2.05) is 56.3 Å². The highest BCUT2D eigenvalue weighted by molar-refractivity contribution is 6.16. The number of benzene rings is 3. The molecule has 9 nitrogen and oxygen atoms in total. The van der Waals surface area contributed by atoms with Crippen LogP contribution in [0.25, 0.3) is 22.2 Å². The number of aryl methyl sites for hydroxylation is 2. The Morgan fingerprint density at radius 3 is 2.27 bits per heavy atom. The molecule has 0 saturated heterocycles. The number of anilines is 2. The van der Waals surface area contributed by atoms with E-state index in [0.29, 0.717) is 39.0 Å². The van der Waals surface area contributed by atoms with E-state index in [4.69, 9.17) is 20.4 Å². The molecule has 0 fully saturated rings. The molecule has 2 heterocycles. The summed E-state index contributed by atoms with van der Waals surface area (Å²) in [6.45, 7) is 3.93. The first kappa shape index (κ1) is 23.7. The Morgan fingerprint density at radius 2 is 1.62 bits per heavy atom. The van der Waals surface area contributed by atoms with Gasteiger partial charge in [-0.1, -0.05) is 30.3 Å². The maximum absolute atomic E-state index is 13.5. The third-order valence-electron chi connectivity index (χ3n) is 5.83. The molecule has 0 atom stereocenters. The minimum Gasteiger partial charge on any atom is -0.465 e. The van der Waals surface area contributed by atoms with Crippen LogP contribution < -0.4 is 11.1 Å². The lowest BCUT2D eigenvalue weighted by atomic mass is 10.1. The van der Waals surface area contributed by atoms with Gasteiger partial charge in [0.05, 0.1) is 29.9 Å². The quantitative estimate of drug-likeness (QED) is 0.271. The summed E-state index contributed by atoms with van der Waals surface area (Å²) in [5.41, 5.74) is 12.5. The predicted molar refractivity (Wildman–Crippen MR) is 144 cm³/mol. The summed E-state index contributed by atoms with van der Waals surface area (Å²) in [4.78, 5) is 34.6. The first-order chi connectivity index (χ1) is 17.8. The first-order valence-electron chi connectivity index (χ1n) is 11.5. The van der Waals surface area contributed by atoms with Crippen molar-refractivity contribution in [3.8, 4) is 0 Å². The maximum atomic E-state index is 13.5. The Hall–Kier alpha value is -5.05.